The molecule has 0 unspecified atom stereocenters. The highest BCUT2D eigenvalue weighted by Gasteiger charge is 2.22. The van der Waals surface area contributed by atoms with Crippen LogP contribution in [0.2, 0.25) is 0 Å². The summed E-state index contributed by atoms with van der Waals surface area (Å²) in [5.74, 6) is 0.650. The average Bonchev–Trinajstić information content (AvgIpc) is 3.83. The minimum atomic E-state index is 0.650. The molecule has 0 fully saturated rings. The number of hydrogen-bond acceptors (Lipinski definition) is 5. The minimum absolute atomic E-state index is 0.650. The molecule has 11 aromatic rings. The van der Waals surface area contributed by atoms with E-state index in [9.17, 15) is 0 Å². The molecule has 4 aromatic heterocycles. The van der Waals surface area contributed by atoms with Gasteiger partial charge in [-0.2, -0.15) is 0 Å². The van der Waals surface area contributed by atoms with Crippen molar-refractivity contribution in [2.45, 2.75) is 0 Å². The normalized spacial score (nSPS) is 11.7. The first kappa shape index (κ1) is 30.3. The fourth-order valence-electron chi connectivity index (χ4n) is 7.87. The molecular weight excluding hydrogens is 663 g/mol. The number of aromatic nitrogens is 3. The molecule has 7 aromatic carbocycles. The summed E-state index contributed by atoms with van der Waals surface area (Å²) in [6.07, 6.45) is 1.87. The van der Waals surface area contributed by atoms with Crippen LogP contribution in [0.5, 0.6) is 0 Å². The Bertz CT molecular complexity index is 3210. The fourth-order valence-corrected chi connectivity index (χ4v) is 7.87. The lowest BCUT2D eigenvalue weighted by atomic mass is 9.94. The van der Waals surface area contributed by atoms with E-state index >= 15 is 0 Å². The van der Waals surface area contributed by atoms with E-state index in [4.69, 9.17) is 18.8 Å². The van der Waals surface area contributed by atoms with Crippen LogP contribution in [0, 0.1) is 0 Å². The monoisotopic (exact) mass is 691 g/mol. The Hall–Kier alpha value is -7.37. The first-order chi connectivity index (χ1) is 26.8. The molecular formula is C49H29N3O2. The number of furan rings is 2. The molecule has 0 saturated heterocycles. The van der Waals surface area contributed by atoms with Crippen LogP contribution in [0.25, 0.3) is 111 Å². The molecule has 5 heteroatoms. The van der Waals surface area contributed by atoms with Gasteiger partial charge in [0.25, 0.3) is 0 Å². The van der Waals surface area contributed by atoms with Crippen LogP contribution in [0.15, 0.2) is 185 Å². The first-order valence-electron chi connectivity index (χ1n) is 18.0. The number of rotatable bonds is 5. The van der Waals surface area contributed by atoms with Gasteiger partial charge >= 0.3 is 0 Å². The van der Waals surface area contributed by atoms with Crippen molar-refractivity contribution in [1.82, 2.24) is 15.0 Å². The number of fused-ring (bicyclic) bond motifs is 7. The molecule has 0 amide bonds. The lowest BCUT2D eigenvalue weighted by Crippen LogP contribution is -1.96. The van der Waals surface area contributed by atoms with Crippen LogP contribution >= 0.6 is 0 Å². The zero-order valence-electron chi connectivity index (χ0n) is 28.9. The second kappa shape index (κ2) is 12.1. The average molecular weight is 692 g/mol. The van der Waals surface area contributed by atoms with E-state index < -0.39 is 0 Å². The van der Waals surface area contributed by atoms with Crippen LogP contribution < -0.4 is 0 Å². The molecule has 54 heavy (non-hydrogen) atoms. The third-order valence-corrected chi connectivity index (χ3v) is 10.4. The Balaban J connectivity index is 1.12. The molecule has 4 heterocycles. The number of pyridine rings is 1. The maximum Gasteiger partial charge on any atom is 0.160 e. The SMILES string of the molecule is c1ccc(-c2cc(-c3ccc(-c4cccc5oc6ccccc6c45)c4oc5ccccc5c34)nc(-c3ccc(-c4ccnc5ccccc45)cc3)n2)cc1. The van der Waals surface area contributed by atoms with Crippen LogP contribution in [0.1, 0.15) is 0 Å². The zero-order chi connectivity index (χ0) is 35.6. The zero-order valence-corrected chi connectivity index (χ0v) is 28.9. The first-order valence-corrected chi connectivity index (χ1v) is 18.0. The topological polar surface area (TPSA) is 65.0 Å². The highest BCUT2D eigenvalue weighted by atomic mass is 16.3. The molecule has 0 spiro atoms. The van der Waals surface area contributed by atoms with Gasteiger partial charge in [-0.1, -0.05) is 127 Å². The van der Waals surface area contributed by atoms with Crippen LogP contribution in [0.3, 0.4) is 0 Å². The Morgan fingerprint density at radius 2 is 1.02 bits per heavy atom. The number of hydrogen-bond donors (Lipinski definition) is 0. The molecule has 0 aliphatic rings. The van der Waals surface area contributed by atoms with Gasteiger partial charge in [0.2, 0.25) is 0 Å². The molecule has 0 aliphatic heterocycles. The van der Waals surface area contributed by atoms with Gasteiger partial charge in [-0.25, -0.2) is 9.97 Å². The van der Waals surface area contributed by atoms with Crippen molar-refractivity contribution in [1.29, 1.82) is 0 Å². The molecule has 0 aliphatic carbocycles. The van der Waals surface area contributed by atoms with Gasteiger partial charge in [0, 0.05) is 55.4 Å². The van der Waals surface area contributed by atoms with Crippen LogP contribution in [-0.2, 0) is 0 Å². The summed E-state index contributed by atoms with van der Waals surface area (Å²) in [6, 6.07) is 58.2. The van der Waals surface area contributed by atoms with Gasteiger partial charge < -0.3 is 8.83 Å². The molecule has 0 saturated carbocycles. The molecule has 0 atom stereocenters. The Morgan fingerprint density at radius 3 is 1.85 bits per heavy atom. The Morgan fingerprint density at radius 1 is 0.370 bits per heavy atom. The van der Waals surface area contributed by atoms with Gasteiger partial charge in [0.1, 0.15) is 22.3 Å². The van der Waals surface area contributed by atoms with Crippen molar-refractivity contribution in [3.05, 3.63) is 176 Å². The molecule has 5 nitrogen and oxygen atoms in total. The third-order valence-electron chi connectivity index (χ3n) is 10.4. The summed E-state index contributed by atoms with van der Waals surface area (Å²) in [7, 11) is 0. The van der Waals surface area contributed by atoms with E-state index in [1.807, 2.05) is 72.9 Å². The van der Waals surface area contributed by atoms with E-state index in [2.05, 4.69) is 108 Å². The van der Waals surface area contributed by atoms with E-state index in [0.29, 0.717) is 5.82 Å². The second-order valence-electron chi connectivity index (χ2n) is 13.5. The summed E-state index contributed by atoms with van der Waals surface area (Å²) in [4.78, 5) is 15.0. The number of nitrogens with zero attached hydrogens (tertiary/aromatic N) is 3. The molecule has 0 radical (unpaired) electrons. The second-order valence-corrected chi connectivity index (χ2v) is 13.5. The van der Waals surface area contributed by atoms with Gasteiger partial charge in [-0.3, -0.25) is 4.98 Å². The van der Waals surface area contributed by atoms with E-state index in [1.54, 1.807) is 0 Å². The number of benzene rings is 7. The maximum absolute atomic E-state index is 6.77. The van der Waals surface area contributed by atoms with Crippen molar-refractivity contribution < 1.29 is 8.83 Å². The number of para-hydroxylation sites is 3. The van der Waals surface area contributed by atoms with Gasteiger partial charge in [0.05, 0.1) is 16.9 Å². The van der Waals surface area contributed by atoms with Crippen molar-refractivity contribution in [2.75, 3.05) is 0 Å². The summed E-state index contributed by atoms with van der Waals surface area (Å²) in [6.45, 7) is 0. The van der Waals surface area contributed by atoms with Gasteiger partial charge in [0.15, 0.2) is 5.82 Å². The van der Waals surface area contributed by atoms with E-state index in [-0.39, 0.29) is 0 Å². The summed E-state index contributed by atoms with van der Waals surface area (Å²) in [5, 5.41) is 5.31. The lowest BCUT2D eigenvalue weighted by Gasteiger charge is -2.12. The molecule has 11 rings (SSSR count). The predicted octanol–water partition coefficient (Wildman–Crippen LogP) is 13.2. The van der Waals surface area contributed by atoms with Gasteiger partial charge in [-0.15, -0.1) is 0 Å². The van der Waals surface area contributed by atoms with Crippen molar-refractivity contribution in [3.8, 4) is 56.2 Å². The van der Waals surface area contributed by atoms with Gasteiger partial charge in [-0.05, 0) is 59.2 Å². The van der Waals surface area contributed by atoms with Crippen LogP contribution in [0.4, 0.5) is 0 Å². The molecule has 252 valence electrons. The van der Waals surface area contributed by atoms with E-state index in [1.165, 1.54) is 0 Å². The third kappa shape index (κ3) is 4.83. The fraction of sp³-hybridized carbons (Fsp3) is 0. The predicted molar refractivity (Wildman–Crippen MR) is 219 cm³/mol. The van der Waals surface area contributed by atoms with Crippen molar-refractivity contribution in [3.63, 3.8) is 0 Å². The lowest BCUT2D eigenvalue weighted by molar-refractivity contribution is 0.668. The molecule has 0 bridgehead atoms. The summed E-state index contributed by atoms with van der Waals surface area (Å²) in [5.41, 5.74) is 13.2. The maximum atomic E-state index is 6.77. The van der Waals surface area contributed by atoms with Crippen LogP contribution in [-0.4, -0.2) is 15.0 Å². The summed E-state index contributed by atoms with van der Waals surface area (Å²) < 4.78 is 13.1. The Kier molecular flexibility index (Phi) is 6.79. The highest BCUT2D eigenvalue weighted by molar-refractivity contribution is 6.20. The minimum Gasteiger partial charge on any atom is -0.456 e. The summed E-state index contributed by atoms with van der Waals surface area (Å²) >= 11 is 0. The Labute approximate surface area is 309 Å². The standard InChI is InChI=1S/C49H29N3O2/c1-2-11-31(12-3-1)41-29-42(52-49(51-41)32-23-21-30(22-24-32)33-27-28-50-40-17-7-4-13-34(33)40)37-26-25-36(48-47(37)39-15-6-9-19-44(39)54-48)35-16-10-20-45-46(35)38-14-5-8-18-43(38)53-45/h1-29H. The van der Waals surface area contributed by atoms with Crippen molar-refractivity contribution in [2.24, 2.45) is 0 Å². The smallest absolute Gasteiger partial charge is 0.160 e. The largest absolute Gasteiger partial charge is 0.456 e. The highest BCUT2D eigenvalue weighted by Crippen LogP contribution is 2.45. The molecule has 0 N–H and O–H groups in total. The quantitative estimate of drug-likeness (QED) is 0.180. The van der Waals surface area contributed by atoms with E-state index in [0.717, 1.165) is 105 Å². The van der Waals surface area contributed by atoms with Crippen molar-refractivity contribution >= 4 is 54.8 Å².